The van der Waals surface area contributed by atoms with Crippen molar-refractivity contribution in [3.8, 4) is 0 Å². The van der Waals surface area contributed by atoms with Gasteiger partial charge in [-0.1, -0.05) is 33.1 Å². The summed E-state index contributed by atoms with van der Waals surface area (Å²) >= 11 is 0. The SMILES string of the molecule is CC(C)CNC(=O)C1CCN(CC2CCCCC2)CC1.O=C(O)C(=O)O. The highest BCUT2D eigenvalue weighted by Crippen LogP contribution is 2.26. The standard InChI is InChI=1S/C17H32N2O.C2H2O4/c1-14(2)12-18-17(20)16-8-10-19(11-9-16)13-15-6-4-3-5-7-15;3-1(4)2(5)6/h14-16H,3-13H2,1-2H3,(H,18,20);(H,3,4)(H,5,6). The summed E-state index contributed by atoms with van der Waals surface area (Å²) in [4.78, 5) is 32.9. The molecule has 0 aromatic heterocycles. The topological polar surface area (TPSA) is 107 Å². The molecule has 1 aliphatic heterocycles. The minimum Gasteiger partial charge on any atom is -0.473 e. The van der Waals surface area contributed by atoms with Crippen molar-refractivity contribution in [3.05, 3.63) is 0 Å². The Morgan fingerprint density at radius 1 is 0.962 bits per heavy atom. The van der Waals surface area contributed by atoms with Gasteiger partial charge >= 0.3 is 11.9 Å². The zero-order valence-corrected chi connectivity index (χ0v) is 16.1. The number of carboxylic acid groups (broad SMARTS) is 2. The summed E-state index contributed by atoms with van der Waals surface area (Å²) in [6, 6.07) is 0. The molecular formula is C19H34N2O5. The first kappa shape index (κ1) is 22.4. The Hall–Kier alpha value is -1.63. The largest absolute Gasteiger partial charge is 0.473 e. The van der Waals surface area contributed by atoms with Crippen LogP contribution in [0.25, 0.3) is 0 Å². The van der Waals surface area contributed by atoms with Gasteiger partial charge in [-0.2, -0.15) is 0 Å². The molecule has 7 heteroatoms. The van der Waals surface area contributed by atoms with Crippen LogP contribution >= 0.6 is 0 Å². The van der Waals surface area contributed by atoms with Crippen molar-refractivity contribution in [3.63, 3.8) is 0 Å². The number of carboxylic acids is 2. The van der Waals surface area contributed by atoms with E-state index >= 15 is 0 Å². The predicted molar refractivity (Wildman–Crippen MR) is 98.9 cm³/mol. The van der Waals surface area contributed by atoms with Crippen molar-refractivity contribution in [1.29, 1.82) is 0 Å². The number of amides is 1. The van der Waals surface area contributed by atoms with E-state index in [1.807, 2.05) is 0 Å². The van der Waals surface area contributed by atoms with Crippen LogP contribution in [-0.4, -0.2) is 59.1 Å². The Morgan fingerprint density at radius 2 is 1.50 bits per heavy atom. The van der Waals surface area contributed by atoms with Crippen molar-refractivity contribution in [2.75, 3.05) is 26.2 Å². The highest BCUT2D eigenvalue weighted by atomic mass is 16.4. The van der Waals surface area contributed by atoms with Gasteiger partial charge in [0.2, 0.25) is 5.91 Å². The van der Waals surface area contributed by atoms with Crippen LogP contribution in [0, 0.1) is 17.8 Å². The lowest BCUT2D eigenvalue weighted by Crippen LogP contribution is -2.42. The Morgan fingerprint density at radius 3 is 1.96 bits per heavy atom. The molecule has 150 valence electrons. The molecule has 0 bridgehead atoms. The molecule has 1 amide bonds. The molecule has 0 spiro atoms. The number of hydrogen-bond donors (Lipinski definition) is 3. The van der Waals surface area contributed by atoms with Gasteiger partial charge in [0.25, 0.3) is 0 Å². The number of likely N-dealkylation sites (tertiary alicyclic amines) is 1. The molecule has 2 rings (SSSR count). The lowest BCUT2D eigenvalue weighted by Gasteiger charge is -2.35. The Balaban J connectivity index is 0.000000487. The van der Waals surface area contributed by atoms with E-state index in [1.165, 1.54) is 38.6 Å². The molecule has 2 aliphatic rings. The maximum Gasteiger partial charge on any atom is 0.414 e. The average Bonchev–Trinajstić information content (AvgIpc) is 2.61. The zero-order valence-electron chi connectivity index (χ0n) is 16.1. The number of piperidine rings is 1. The maximum absolute atomic E-state index is 12.1. The van der Waals surface area contributed by atoms with E-state index in [0.29, 0.717) is 5.92 Å². The molecule has 1 aliphatic carbocycles. The first-order chi connectivity index (χ1) is 12.3. The van der Waals surface area contributed by atoms with E-state index in [9.17, 15) is 4.79 Å². The van der Waals surface area contributed by atoms with Gasteiger partial charge in [-0.15, -0.1) is 0 Å². The number of hydrogen-bond acceptors (Lipinski definition) is 4. The van der Waals surface area contributed by atoms with E-state index in [0.717, 1.165) is 38.4 Å². The second-order valence-electron chi connectivity index (χ2n) is 7.83. The summed E-state index contributed by atoms with van der Waals surface area (Å²) in [5.74, 6) is -1.63. The molecule has 1 saturated heterocycles. The molecule has 3 N–H and O–H groups in total. The fourth-order valence-corrected chi connectivity index (χ4v) is 3.56. The summed E-state index contributed by atoms with van der Waals surface area (Å²) in [5.41, 5.74) is 0. The summed E-state index contributed by atoms with van der Waals surface area (Å²) in [5, 5.41) is 17.9. The predicted octanol–water partition coefficient (Wildman–Crippen LogP) is 2.21. The molecule has 0 aromatic carbocycles. The van der Waals surface area contributed by atoms with Crippen LogP contribution in [0.3, 0.4) is 0 Å². The van der Waals surface area contributed by atoms with Crippen LogP contribution in [0.5, 0.6) is 0 Å². The van der Waals surface area contributed by atoms with E-state index in [4.69, 9.17) is 19.8 Å². The average molecular weight is 370 g/mol. The van der Waals surface area contributed by atoms with Gasteiger partial charge < -0.3 is 20.4 Å². The molecule has 0 radical (unpaired) electrons. The summed E-state index contributed by atoms with van der Waals surface area (Å²) in [6.07, 6.45) is 9.25. The third-order valence-corrected chi connectivity index (χ3v) is 5.07. The number of nitrogens with one attached hydrogen (secondary N) is 1. The lowest BCUT2D eigenvalue weighted by molar-refractivity contribution is -0.159. The van der Waals surface area contributed by atoms with Crippen LogP contribution < -0.4 is 5.32 Å². The number of carbonyl (C=O) groups excluding carboxylic acids is 1. The van der Waals surface area contributed by atoms with Gasteiger partial charge in [0.15, 0.2) is 0 Å². The van der Waals surface area contributed by atoms with E-state index in [-0.39, 0.29) is 11.8 Å². The Kier molecular flexibility index (Phi) is 10.2. The quantitative estimate of drug-likeness (QED) is 0.641. The van der Waals surface area contributed by atoms with Gasteiger partial charge in [0.1, 0.15) is 0 Å². The van der Waals surface area contributed by atoms with Gasteiger partial charge in [-0.25, -0.2) is 9.59 Å². The number of rotatable bonds is 5. The van der Waals surface area contributed by atoms with Gasteiger partial charge in [0, 0.05) is 19.0 Å². The second-order valence-corrected chi connectivity index (χ2v) is 7.83. The third kappa shape index (κ3) is 9.17. The van der Waals surface area contributed by atoms with Gasteiger partial charge in [0.05, 0.1) is 0 Å². The lowest BCUT2D eigenvalue weighted by atomic mass is 9.88. The number of carbonyl (C=O) groups is 3. The van der Waals surface area contributed by atoms with Crippen LogP contribution in [0.2, 0.25) is 0 Å². The molecular weight excluding hydrogens is 336 g/mol. The highest BCUT2D eigenvalue weighted by molar-refractivity contribution is 6.27. The molecule has 1 saturated carbocycles. The Bertz CT molecular complexity index is 441. The zero-order chi connectivity index (χ0) is 19.5. The second kappa shape index (κ2) is 11.9. The summed E-state index contributed by atoms with van der Waals surface area (Å²) < 4.78 is 0. The van der Waals surface area contributed by atoms with Gasteiger partial charge in [-0.05, 0) is 50.6 Å². The monoisotopic (exact) mass is 370 g/mol. The Labute approximate surface area is 156 Å². The first-order valence-electron chi connectivity index (χ1n) is 9.75. The molecule has 7 nitrogen and oxygen atoms in total. The smallest absolute Gasteiger partial charge is 0.414 e. The molecule has 0 unspecified atom stereocenters. The van der Waals surface area contributed by atoms with E-state index in [1.54, 1.807) is 0 Å². The highest BCUT2D eigenvalue weighted by Gasteiger charge is 2.26. The summed E-state index contributed by atoms with van der Waals surface area (Å²) in [6.45, 7) is 8.63. The van der Waals surface area contributed by atoms with Gasteiger partial charge in [-0.3, -0.25) is 4.79 Å². The third-order valence-electron chi connectivity index (χ3n) is 5.07. The minimum absolute atomic E-state index is 0.261. The fraction of sp³-hybridized carbons (Fsp3) is 0.842. The van der Waals surface area contributed by atoms with Crippen LogP contribution in [0.15, 0.2) is 0 Å². The molecule has 0 atom stereocenters. The molecule has 0 aromatic rings. The van der Waals surface area contributed by atoms with E-state index < -0.39 is 11.9 Å². The molecule has 1 heterocycles. The van der Waals surface area contributed by atoms with Crippen molar-refractivity contribution in [2.24, 2.45) is 17.8 Å². The first-order valence-corrected chi connectivity index (χ1v) is 9.75. The van der Waals surface area contributed by atoms with Crippen molar-refractivity contribution in [1.82, 2.24) is 10.2 Å². The number of nitrogens with zero attached hydrogens (tertiary/aromatic N) is 1. The van der Waals surface area contributed by atoms with Crippen molar-refractivity contribution >= 4 is 17.8 Å². The molecule has 26 heavy (non-hydrogen) atoms. The minimum atomic E-state index is -1.82. The molecule has 2 fully saturated rings. The van der Waals surface area contributed by atoms with Crippen LogP contribution in [0.4, 0.5) is 0 Å². The normalized spacial score (nSPS) is 19.5. The van der Waals surface area contributed by atoms with Crippen LogP contribution in [-0.2, 0) is 14.4 Å². The summed E-state index contributed by atoms with van der Waals surface area (Å²) in [7, 11) is 0. The number of aliphatic carboxylic acids is 2. The van der Waals surface area contributed by atoms with E-state index in [2.05, 4.69) is 24.1 Å². The van der Waals surface area contributed by atoms with Crippen molar-refractivity contribution in [2.45, 2.75) is 58.8 Å². The van der Waals surface area contributed by atoms with Crippen molar-refractivity contribution < 1.29 is 24.6 Å². The fourth-order valence-electron chi connectivity index (χ4n) is 3.56. The van der Waals surface area contributed by atoms with Crippen LogP contribution in [0.1, 0.15) is 58.8 Å². The maximum atomic E-state index is 12.1.